The minimum Gasteiger partial charge on any atom is -0.443 e. The predicted octanol–water partition coefficient (Wildman–Crippen LogP) is 4.91. The fourth-order valence-corrected chi connectivity index (χ4v) is 5.06. The summed E-state index contributed by atoms with van der Waals surface area (Å²) >= 11 is 0.195. The van der Waals surface area contributed by atoms with Crippen LogP contribution < -0.4 is 16.4 Å². The van der Waals surface area contributed by atoms with Crippen LogP contribution in [-0.2, 0) is 24.4 Å². The van der Waals surface area contributed by atoms with Crippen LogP contribution in [0.5, 0.6) is 0 Å². The van der Waals surface area contributed by atoms with Gasteiger partial charge in [0.2, 0.25) is 16.1 Å². The molecule has 0 aliphatic carbocycles. The number of alkyl halides is 3. The smallest absolute Gasteiger partial charge is 0.443 e. The molecule has 46 heavy (non-hydrogen) atoms. The van der Waals surface area contributed by atoms with Crippen molar-refractivity contribution < 1.29 is 32.3 Å². The van der Waals surface area contributed by atoms with Gasteiger partial charge in [-0.15, -0.1) is 10.2 Å². The minimum absolute atomic E-state index is 0.0172. The van der Waals surface area contributed by atoms with Crippen LogP contribution in [-0.4, -0.2) is 59.8 Å². The number of rotatable bonds is 3. The third kappa shape index (κ3) is 7.07. The molecule has 1 aromatic carbocycles. The summed E-state index contributed by atoms with van der Waals surface area (Å²) in [7, 11) is 1.77. The summed E-state index contributed by atoms with van der Waals surface area (Å²) in [4.78, 5) is 47.8. The molecule has 0 unspecified atom stereocenters. The SMILES string of the molecule is Cn1c(-c2nc(N)ncc2C#Cc2cccc(NC(=O)Nc3nnc(C(F)(F)F)s3)c2)cc2c1CCN(C(=O)OC(C)(C)C)C2=O. The zero-order valence-corrected chi connectivity index (χ0v) is 25.6. The molecule has 238 valence electrons. The van der Waals surface area contributed by atoms with Crippen molar-refractivity contribution in [3.8, 4) is 23.2 Å². The molecule has 13 nitrogen and oxygen atoms in total. The highest BCUT2D eigenvalue weighted by Gasteiger charge is 2.36. The van der Waals surface area contributed by atoms with Gasteiger partial charge in [-0.2, -0.15) is 13.2 Å². The fourth-order valence-electron chi connectivity index (χ4n) is 4.46. The van der Waals surface area contributed by atoms with Crippen molar-refractivity contribution in [2.75, 3.05) is 22.9 Å². The number of halogens is 3. The second kappa shape index (κ2) is 12.1. The van der Waals surface area contributed by atoms with Crippen LogP contribution >= 0.6 is 11.3 Å². The van der Waals surface area contributed by atoms with E-state index in [0.717, 1.165) is 4.90 Å². The average Bonchev–Trinajstić information content (AvgIpc) is 3.57. The molecular formula is C29H26F3N9O4S. The summed E-state index contributed by atoms with van der Waals surface area (Å²) in [6.45, 7) is 5.31. The van der Waals surface area contributed by atoms with E-state index in [-0.39, 0.29) is 29.0 Å². The molecule has 0 spiro atoms. The molecule has 0 atom stereocenters. The van der Waals surface area contributed by atoms with Gasteiger partial charge in [-0.3, -0.25) is 10.1 Å². The van der Waals surface area contributed by atoms with E-state index in [0.29, 0.717) is 45.9 Å². The van der Waals surface area contributed by atoms with Crippen LogP contribution in [0.3, 0.4) is 0 Å². The van der Waals surface area contributed by atoms with E-state index in [1.807, 2.05) is 0 Å². The Morgan fingerprint density at radius 2 is 1.87 bits per heavy atom. The molecule has 4 N–H and O–H groups in total. The van der Waals surface area contributed by atoms with Crippen LogP contribution in [0.2, 0.25) is 0 Å². The number of hydrogen-bond donors (Lipinski definition) is 3. The molecular weight excluding hydrogens is 627 g/mol. The highest BCUT2D eigenvalue weighted by molar-refractivity contribution is 7.15. The average molecular weight is 654 g/mol. The number of fused-ring (bicyclic) bond motifs is 1. The number of urea groups is 1. The number of benzene rings is 1. The molecule has 0 saturated carbocycles. The second-order valence-electron chi connectivity index (χ2n) is 10.9. The molecule has 1 aliphatic rings. The number of nitrogen functional groups attached to an aromatic ring is 1. The van der Waals surface area contributed by atoms with Gasteiger partial charge in [0.25, 0.3) is 5.91 Å². The van der Waals surface area contributed by atoms with Gasteiger partial charge in [0.05, 0.1) is 16.8 Å². The first-order valence-corrected chi connectivity index (χ1v) is 14.4. The summed E-state index contributed by atoms with van der Waals surface area (Å²) < 4.78 is 45.5. The quantitative estimate of drug-likeness (QED) is 0.260. The molecule has 4 heterocycles. The van der Waals surface area contributed by atoms with Crippen LogP contribution in [0.25, 0.3) is 11.4 Å². The summed E-state index contributed by atoms with van der Waals surface area (Å²) in [5.41, 5.74) is 8.23. The van der Waals surface area contributed by atoms with Gasteiger partial charge in [-0.05, 0) is 45.0 Å². The fraction of sp³-hybridized carbons (Fsp3) is 0.276. The van der Waals surface area contributed by atoms with Gasteiger partial charge < -0.3 is 20.4 Å². The monoisotopic (exact) mass is 653 g/mol. The lowest BCUT2D eigenvalue weighted by molar-refractivity contribution is -0.138. The van der Waals surface area contributed by atoms with E-state index in [2.05, 4.69) is 42.6 Å². The lowest BCUT2D eigenvalue weighted by Gasteiger charge is -2.28. The van der Waals surface area contributed by atoms with Gasteiger partial charge in [0.15, 0.2) is 0 Å². The maximum Gasteiger partial charge on any atom is 0.445 e. The van der Waals surface area contributed by atoms with Gasteiger partial charge >= 0.3 is 18.3 Å². The van der Waals surface area contributed by atoms with E-state index >= 15 is 0 Å². The molecule has 0 saturated heterocycles. The highest BCUT2D eigenvalue weighted by atomic mass is 32.1. The number of nitrogens with two attached hydrogens (primary N) is 1. The summed E-state index contributed by atoms with van der Waals surface area (Å²) in [6.07, 6.45) is -3.56. The van der Waals surface area contributed by atoms with Crippen LogP contribution in [0.1, 0.15) is 53.0 Å². The standard InChI is InChI=1S/C29H26F3N9O4S/c1-28(2,3)45-27(44)41-11-10-19-18(22(41)42)13-20(40(19)4)21-16(14-34-24(33)36-21)9-8-15-6-5-7-17(12-15)35-25(43)37-26-39-38-23(46-26)29(30,31)32/h5-7,12-14H,10-11H2,1-4H3,(H2,33,34,36)(H2,35,37,39,43). The Labute approximate surface area is 264 Å². The Morgan fingerprint density at radius 3 is 2.57 bits per heavy atom. The van der Waals surface area contributed by atoms with E-state index < -0.39 is 34.8 Å². The maximum atomic E-state index is 13.3. The number of ether oxygens (including phenoxy) is 1. The van der Waals surface area contributed by atoms with Crippen LogP contribution in [0.15, 0.2) is 36.5 Å². The van der Waals surface area contributed by atoms with Crippen molar-refractivity contribution in [1.29, 1.82) is 0 Å². The van der Waals surface area contributed by atoms with Gasteiger partial charge in [-0.1, -0.05) is 29.2 Å². The van der Waals surface area contributed by atoms with E-state index in [1.165, 1.54) is 6.20 Å². The molecule has 3 aromatic heterocycles. The number of carbonyl (C=O) groups excluding carboxylic acids is 3. The molecule has 1 aliphatic heterocycles. The lowest BCUT2D eigenvalue weighted by atomic mass is 10.1. The third-order valence-electron chi connectivity index (χ3n) is 6.42. The largest absolute Gasteiger partial charge is 0.445 e. The first kappa shape index (κ1) is 31.9. The minimum atomic E-state index is -4.67. The van der Waals surface area contributed by atoms with E-state index in [4.69, 9.17) is 10.5 Å². The number of carbonyl (C=O) groups is 3. The molecule has 4 aromatic rings. The van der Waals surface area contributed by atoms with Crippen molar-refractivity contribution in [3.05, 3.63) is 63.9 Å². The molecule has 0 fully saturated rings. The topological polar surface area (TPSA) is 170 Å². The van der Waals surface area contributed by atoms with E-state index in [9.17, 15) is 27.6 Å². The van der Waals surface area contributed by atoms with E-state index in [1.54, 1.807) is 62.7 Å². The van der Waals surface area contributed by atoms with Crippen molar-refractivity contribution in [3.63, 3.8) is 0 Å². The van der Waals surface area contributed by atoms with Gasteiger partial charge in [0, 0.05) is 43.2 Å². The lowest BCUT2D eigenvalue weighted by Crippen LogP contribution is -2.44. The number of imide groups is 1. The maximum absolute atomic E-state index is 13.3. The second-order valence-corrected chi connectivity index (χ2v) is 11.9. The first-order chi connectivity index (χ1) is 21.6. The zero-order chi connectivity index (χ0) is 33.4. The molecule has 0 radical (unpaired) electrons. The van der Waals surface area contributed by atoms with Crippen LogP contribution in [0.4, 0.5) is 39.5 Å². The molecule has 4 amide bonds. The van der Waals surface area contributed by atoms with Crippen molar-refractivity contribution in [1.82, 2.24) is 29.6 Å². The number of hydrogen-bond acceptors (Lipinski definition) is 10. The number of aromatic nitrogens is 5. The van der Waals surface area contributed by atoms with Crippen molar-refractivity contribution in [2.24, 2.45) is 7.05 Å². The number of anilines is 3. The first-order valence-electron chi connectivity index (χ1n) is 13.6. The Kier molecular flexibility index (Phi) is 8.41. The summed E-state index contributed by atoms with van der Waals surface area (Å²) in [6, 6.07) is 7.23. The Hall–Kier alpha value is -5.50. The van der Waals surface area contributed by atoms with Crippen LogP contribution in [0, 0.1) is 11.8 Å². The highest BCUT2D eigenvalue weighted by Crippen LogP contribution is 2.33. The van der Waals surface area contributed by atoms with Gasteiger partial charge in [-0.25, -0.2) is 24.5 Å². The Bertz CT molecular complexity index is 1920. The summed E-state index contributed by atoms with van der Waals surface area (Å²) in [5.74, 6) is 5.46. The van der Waals surface area contributed by atoms with Crippen molar-refractivity contribution >= 4 is 46.1 Å². The zero-order valence-electron chi connectivity index (χ0n) is 24.8. The number of nitrogens with one attached hydrogen (secondary N) is 2. The summed E-state index contributed by atoms with van der Waals surface area (Å²) in [5, 5.41) is 9.57. The van der Waals surface area contributed by atoms with Gasteiger partial charge in [0.1, 0.15) is 11.3 Å². The molecule has 0 bridgehead atoms. The Balaban J connectivity index is 1.37. The normalized spacial score (nSPS) is 13.0. The Morgan fingerprint density at radius 1 is 1.11 bits per heavy atom. The number of nitrogens with zero attached hydrogens (tertiary/aromatic N) is 6. The molecule has 17 heteroatoms. The van der Waals surface area contributed by atoms with Crippen molar-refractivity contribution in [2.45, 2.75) is 39.0 Å². The third-order valence-corrected chi connectivity index (χ3v) is 7.30. The molecule has 5 rings (SSSR count). The predicted molar refractivity (Wildman–Crippen MR) is 162 cm³/mol. The number of amides is 4.